The molecule has 0 radical (unpaired) electrons. The van der Waals surface area contributed by atoms with Gasteiger partial charge >= 0.3 is 5.97 Å². The molecule has 0 amide bonds. The molecule has 2 aromatic rings. The molecule has 5 heteroatoms. The van der Waals surface area contributed by atoms with E-state index in [4.69, 9.17) is 5.11 Å². The molecule has 0 unspecified atom stereocenters. The lowest BCUT2D eigenvalue weighted by Crippen LogP contribution is -2.02. The lowest BCUT2D eigenvalue weighted by Gasteiger charge is -2.02. The molecular formula is C13H12FNO2S. The Morgan fingerprint density at radius 1 is 1.39 bits per heavy atom. The van der Waals surface area contributed by atoms with Crippen molar-refractivity contribution in [1.82, 2.24) is 4.98 Å². The van der Waals surface area contributed by atoms with Crippen molar-refractivity contribution < 1.29 is 14.3 Å². The number of thiazole rings is 1. The van der Waals surface area contributed by atoms with Gasteiger partial charge in [0.2, 0.25) is 0 Å². The summed E-state index contributed by atoms with van der Waals surface area (Å²) in [7, 11) is 0. The van der Waals surface area contributed by atoms with Crippen molar-refractivity contribution in [3.05, 3.63) is 51.2 Å². The van der Waals surface area contributed by atoms with Gasteiger partial charge in [-0.15, -0.1) is 11.3 Å². The van der Waals surface area contributed by atoms with Crippen molar-refractivity contribution in [3.63, 3.8) is 0 Å². The van der Waals surface area contributed by atoms with E-state index in [0.29, 0.717) is 24.1 Å². The van der Waals surface area contributed by atoms with E-state index in [2.05, 4.69) is 4.98 Å². The first-order valence-corrected chi connectivity index (χ1v) is 6.32. The van der Waals surface area contributed by atoms with Crippen LogP contribution in [0.5, 0.6) is 0 Å². The number of carboxylic acids is 1. The third kappa shape index (κ3) is 2.73. The summed E-state index contributed by atoms with van der Waals surface area (Å²) in [5, 5.41) is 9.75. The summed E-state index contributed by atoms with van der Waals surface area (Å²) < 4.78 is 13.4. The van der Waals surface area contributed by atoms with Gasteiger partial charge < -0.3 is 5.11 Å². The molecule has 1 aromatic heterocycles. The summed E-state index contributed by atoms with van der Waals surface area (Å²) in [4.78, 5) is 15.5. The number of aryl methyl sites for hydroxylation is 3. The molecule has 0 aliphatic carbocycles. The minimum Gasteiger partial charge on any atom is -0.477 e. The number of benzene rings is 1. The molecule has 18 heavy (non-hydrogen) atoms. The Balaban J connectivity index is 2.16. The highest BCUT2D eigenvalue weighted by atomic mass is 32.1. The van der Waals surface area contributed by atoms with Crippen LogP contribution >= 0.6 is 11.3 Å². The fraction of sp³-hybridized carbons (Fsp3) is 0.231. The molecule has 0 aliphatic rings. The molecule has 0 saturated carbocycles. The van der Waals surface area contributed by atoms with Gasteiger partial charge in [-0.3, -0.25) is 0 Å². The SMILES string of the molecule is Cc1nc(CCc2ccccc2F)c(C(=O)O)s1. The van der Waals surface area contributed by atoms with Crippen LogP contribution in [0.1, 0.15) is 25.9 Å². The minimum atomic E-state index is -0.968. The molecule has 1 N–H and O–H groups in total. The number of aromatic nitrogens is 1. The summed E-state index contributed by atoms with van der Waals surface area (Å²) in [5.41, 5.74) is 1.12. The number of hydrogen-bond acceptors (Lipinski definition) is 3. The Morgan fingerprint density at radius 2 is 2.11 bits per heavy atom. The molecule has 1 heterocycles. The van der Waals surface area contributed by atoms with Crippen LogP contribution in [-0.4, -0.2) is 16.1 Å². The van der Waals surface area contributed by atoms with Gasteiger partial charge in [0.05, 0.1) is 10.7 Å². The van der Waals surface area contributed by atoms with Crippen LogP contribution in [-0.2, 0) is 12.8 Å². The smallest absolute Gasteiger partial charge is 0.347 e. The Hall–Kier alpha value is -1.75. The topological polar surface area (TPSA) is 50.2 Å². The molecule has 3 nitrogen and oxygen atoms in total. The molecule has 2 rings (SSSR count). The maximum absolute atomic E-state index is 13.4. The number of rotatable bonds is 4. The van der Waals surface area contributed by atoms with Crippen LogP contribution < -0.4 is 0 Å². The zero-order valence-electron chi connectivity index (χ0n) is 9.81. The zero-order chi connectivity index (χ0) is 13.1. The highest BCUT2D eigenvalue weighted by Gasteiger charge is 2.15. The van der Waals surface area contributed by atoms with Crippen LogP contribution in [0.25, 0.3) is 0 Å². The van der Waals surface area contributed by atoms with E-state index in [1.807, 2.05) is 0 Å². The standard InChI is InChI=1S/C13H12FNO2S/c1-8-15-11(12(18-8)13(16)17)7-6-9-4-2-3-5-10(9)14/h2-5H,6-7H2,1H3,(H,16,17). The molecule has 0 fully saturated rings. The van der Waals surface area contributed by atoms with Crippen LogP contribution in [0.4, 0.5) is 4.39 Å². The summed E-state index contributed by atoms with van der Waals surface area (Å²) in [6.07, 6.45) is 0.892. The van der Waals surface area contributed by atoms with Crippen LogP contribution in [0, 0.1) is 12.7 Å². The average Bonchev–Trinajstić information content (AvgIpc) is 2.70. The van der Waals surface area contributed by atoms with E-state index in [0.717, 1.165) is 16.3 Å². The highest BCUT2D eigenvalue weighted by Crippen LogP contribution is 2.20. The van der Waals surface area contributed by atoms with Gasteiger partial charge in [-0.25, -0.2) is 14.2 Å². The van der Waals surface area contributed by atoms with Crippen molar-refractivity contribution >= 4 is 17.3 Å². The fourth-order valence-electron chi connectivity index (χ4n) is 1.76. The minimum absolute atomic E-state index is 0.254. The van der Waals surface area contributed by atoms with E-state index >= 15 is 0 Å². The molecular weight excluding hydrogens is 253 g/mol. The predicted molar refractivity (Wildman–Crippen MR) is 67.6 cm³/mol. The predicted octanol–water partition coefficient (Wildman–Crippen LogP) is 3.07. The summed E-state index contributed by atoms with van der Waals surface area (Å²) in [6.45, 7) is 1.77. The second-order valence-corrected chi connectivity index (χ2v) is 5.11. The van der Waals surface area contributed by atoms with Gasteiger partial charge in [-0.2, -0.15) is 0 Å². The lowest BCUT2D eigenvalue weighted by atomic mass is 10.1. The Kier molecular flexibility index (Phi) is 3.72. The highest BCUT2D eigenvalue weighted by molar-refractivity contribution is 7.13. The van der Waals surface area contributed by atoms with Crippen molar-refractivity contribution in [2.24, 2.45) is 0 Å². The van der Waals surface area contributed by atoms with Crippen molar-refractivity contribution in [3.8, 4) is 0 Å². The van der Waals surface area contributed by atoms with Gasteiger partial charge in [0.1, 0.15) is 10.7 Å². The second-order valence-electron chi connectivity index (χ2n) is 3.91. The molecule has 0 saturated heterocycles. The number of halogens is 1. The summed E-state index contributed by atoms with van der Waals surface area (Å²) in [6, 6.07) is 6.51. The number of aromatic carboxylic acids is 1. The third-order valence-corrected chi connectivity index (χ3v) is 3.59. The van der Waals surface area contributed by atoms with Crippen LogP contribution in [0.3, 0.4) is 0 Å². The fourth-order valence-corrected chi connectivity index (χ4v) is 2.57. The normalized spacial score (nSPS) is 10.6. The van der Waals surface area contributed by atoms with Gasteiger partial charge in [0.25, 0.3) is 0 Å². The monoisotopic (exact) mass is 265 g/mol. The quantitative estimate of drug-likeness (QED) is 0.924. The Bertz CT molecular complexity index is 580. The molecule has 0 aliphatic heterocycles. The largest absolute Gasteiger partial charge is 0.477 e. The van der Waals surface area contributed by atoms with Gasteiger partial charge in [-0.1, -0.05) is 18.2 Å². The Labute approximate surface area is 108 Å². The van der Waals surface area contributed by atoms with Gasteiger partial charge in [0, 0.05) is 0 Å². The first kappa shape index (κ1) is 12.7. The van der Waals surface area contributed by atoms with Crippen molar-refractivity contribution in [2.45, 2.75) is 19.8 Å². The molecule has 0 atom stereocenters. The Morgan fingerprint density at radius 3 is 2.78 bits per heavy atom. The van der Waals surface area contributed by atoms with Crippen LogP contribution in [0.2, 0.25) is 0 Å². The maximum atomic E-state index is 13.4. The van der Waals surface area contributed by atoms with Gasteiger partial charge in [-0.05, 0) is 31.4 Å². The lowest BCUT2D eigenvalue weighted by molar-refractivity contribution is 0.0700. The average molecular weight is 265 g/mol. The third-order valence-electron chi connectivity index (χ3n) is 2.59. The van der Waals surface area contributed by atoms with Gasteiger partial charge in [0.15, 0.2) is 0 Å². The number of carboxylic acid groups (broad SMARTS) is 1. The van der Waals surface area contributed by atoms with E-state index in [1.165, 1.54) is 6.07 Å². The zero-order valence-corrected chi connectivity index (χ0v) is 10.6. The van der Waals surface area contributed by atoms with E-state index in [9.17, 15) is 9.18 Å². The van der Waals surface area contributed by atoms with E-state index < -0.39 is 5.97 Å². The number of carbonyl (C=O) groups is 1. The van der Waals surface area contributed by atoms with Crippen molar-refractivity contribution in [1.29, 1.82) is 0 Å². The number of hydrogen-bond donors (Lipinski definition) is 1. The van der Waals surface area contributed by atoms with E-state index in [-0.39, 0.29) is 10.7 Å². The summed E-state index contributed by atoms with van der Waals surface area (Å²) in [5.74, 6) is -1.23. The summed E-state index contributed by atoms with van der Waals surface area (Å²) >= 11 is 1.16. The molecule has 0 spiro atoms. The first-order valence-electron chi connectivity index (χ1n) is 5.51. The number of nitrogens with zero attached hydrogens (tertiary/aromatic N) is 1. The molecule has 94 valence electrons. The molecule has 1 aromatic carbocycles. The second kappa shape index (κ2) is 5.27. The molecule has 0 bridgehead atoms. The van der Waals surface area contributed by atoms with Crippen molar-refractivity contribution in [2.75, 3.05) is 0 Å². The van der Waals surface area contributed by atoms with E-state index in [1.54, 1.807) is 25.1 Å². The van der Waals surface area contributed by atoms with Crippen LogP contribution in [0.15, 0.2) is 24.3 Å². The maximum Gasteiger partial charge on any atom is 0.347 e. The first-order chi connectivity index (χ1) is 8.58.